The molecule has 1 saturated heterocycles. The fourth-order valence-corrected chi connectivity index (χ4v) is 4.53. The van der Waals surface area contributed by atoms with Crippen LogP contribution in [0.4, 0.5) is 13.2 Å². The average Bonchev–Trinajstić information content (AvgIpc) is 3.12. The lowest BCUT2D eigenvalue weighted by Crippen LogP contribution is -2.35. The lowest BCUT2D eigenvalue weighted by molar-refractivity contribution is -0.137. The molecule has 0 aromatic heterocycles. The molecule has 0 amide bonds. The fraction of sp³-hybridized carbons (Fsp3) is 0.478. The molecule has 1 heterocycles. The summed E-state index contributed by atoms with van der Waals surface area (Å²) in [4.78, 5) is 2.55. The van der Waals surface area contributed by atoms with Crippen LogP contribution in [-0.2, 0) is 6.18 Å². The summed E-state index contributed by atoms with van der Waals surface area (Å²) in [5, 5.41) is 0.755. The van der Waals surface area contributed by atoms with Gasteiger partial charge in [-0.3, -0.25) is 4.90 Å². The van der Waals surface area contributed by atoms with Crippen molar-refractivity contribution in [3.8, 4) is 5.75 Å². The van der Waals surface area contributed by atoms with E-state index < -0.39 is 11.7 Å². The molecule has 2 aromatic rings. The van der Waals surface area contributed by atoms with Crippen LogP contribution in [0.25, 0.3) is 0 Å². The standard InChI is InChI=1S/C23H25ClF3NO/c24-20-8-4-18(5-9-20)22(17-2-1-3-17)28-13-12-16(14-28)15-29-21-10-6-19(7-11-21)23(25,26)27/h4-11,16-17,22H,1-3,12-15H2. The Morgan fingerprint density at radius 2 is 1.69 bits per heavy atom. The highest BCUT2D eigenvalue weighted by Crippen LogP contribution is 2.43. The van der Waals surface area contributed by atoms with Gasteiger partial charge in [-0.2, -0.15) is 13.2 Å². The maximum atomic E-state index is 12.7. The number of likely N-dealkylation sites (tertiary alicyclic amines) is 1. The van der Waals surface area contributed by atoms with Gasteiger partial charge in [0.1, 0.15) is 5.75 Å². The van der Waals surface area contributed by atoms with Crippen LogP contribution < -0.4 is 4.74 Å². The molecule has 6 heteroatoms. The van der Waals surface area contributed by atoms with E-state index in [-0.39, 0.29) is 0 Å². The molecular formula is C23H25ClF3NO. The minimum absolute atomic E-state index is 0.382. The topological polar surface area (TPSA) is 12.5 Å². The Hall–Kier alpha value is -1.72. The van der Waals surface area contributed by atoms with Crippen molar-refractivity contribution >= 4 is 11.6 Å². The van der Waals surface area contributed by atoms with Gasteiger partial charge in [-0.25, -0.2) is 0 Å². The third-order valence-corrected chi connectivity index (χ3v) is 6.44. The molecule has 0 N–H and O–H groups in total. The van der Waals surface area contributed by atoms with E-state index in [1.807, 2.05) is 12.1 Å². The van der Waals surface area contributed by atoms with Crippen molar-refractivity contribution in [1.29, 1.82) is 0 Å². The van der Waals surface area contributed by atoms with Crippen LogP contribution in [0.3, 0.4) is 0 Å². The van der Waals surface area contributed by atoms with Crippen molar-refractivity contribution in [2.75, 3.05) is 19.7 Å². The molecule has 1 aliphatic carbocycles. The zero-order chi connectivity index (χ0) is 20.4. The highest BCUT2D eigenvalue weighted by molar-refractivity contribution is 6.30. The Bertz CT molecular complexity index is 802. The maximum Gasteiger partial charge on any atom is 0.416 e. The van der Waals surface area contributed by atoms with E-state index in [0.29, 0.717) is 30.2 Å². The lowest BCUT2D eigenvalue weighted by Gasteiger charge is -2.40. The first kappa shape index (κ1) is 20.5. The van der Waals surface area contributed by atoms with Crippen LogP contribution in [-0.4, -0.2) is 24.6 Å². The van der Waals surface area contributed by atoms with Gasteiger partial charge in [-0.1, -0.05) is 30.2 Å². The van der Waals surface area contributed by atoms with Crippen LogP contribution in [0, 0.1) is 11.8 Å². The Morgan fingerprint density at radius 3 is 2.28 bits per heavy atom. The molecule has 2 unspecified atom stereocenters. The van der Waals surface area contributed by atoms with Gasteiger partial charge in [0.05, 0.1) is 12.2 Å². The van der Waals surface area contributed by atoms with Crippen molar-refractivity contribution in [2.24, 2.45) is 11.8 Å². The third kappa shape index (κ3) is 4.89. The summed E-state index contributed by atoms with van der Waals surface area (Å²) < 4.78 is 43.8. The zero-order valence-electron chi connectivity index (χ0n) is 16.2. The largest absolute Gasteiger partial charge is 0.493 e. The molecule has 2 nitrogen and oxygen atoms in total. The number of halogens is 4. The molecule has 0 radical (unpaired) electrons. The van der Waals surface area contributed by atoms with E-state index in [0.717, 1.165) is 36.7 Å². The molecule has 2 aromatic carbocycles. The molecule has 0 bridgehead atoms. The zero-order valence-corrected chi connectivity index (χ0v) is 16.9. The molecule has 0 spiro atoms. The predicted molar refractivity (Wildman–Crippen MR) is 108 cm³/mol. The van der Waals surface area contributed by atoms with Crippen LogP contribution in [0.15, 0.2) is 48.5 Å². The van der Waals surface area contributed by atoms with Gasteiger partial charge in [0, 0.05) is 23.5 Å². The molecule has 2 fully saturated rings. The number of alkyl halides is 3. The summed E-state index contributed by atoms with van der Waals surface area (Å²) in [6, 6.07) is 13.6. The van der Waals surface area contributed by atoms with Crippen LogP contribution in [0.1, 0.15) is 42.9 Å². The van der Waals surface area contributed by atoms with E-state index >= 15 is 0 Å². The lowest BCUT2D eigenvalue weighted by atomic mass is 9.76. The molecule has 156 valence electrons. The van der Waals surface area contributed by atoms with Gasteiger partial charge in [-0.15, -0.1) is 0 Å². The smallest absolute Gasteiger partial charge is 0.416 e. The quantitative estimate of drug-likeness (QED) is 0.519. The van der Waals surface area contributed by atoms with Crippen molar-refractivity contribution in [3.63, 3.8) is 0 Å². The van der Waals surface area contributed by atoms with Gasteiger partial charge in [-0.05, 0) is 73.7 Å². The molecule has 29 heavy (non-hydrogen) atoms. The second-order valence-electron chi connectivity index (χ2n) is 8.17. The molecular weight excluding hydrogens is 399 g/mol. The monoisotopic (exact) mass is 423 g/mol. The van der Waals surface area contributed by atoms with Gasteiger partial charge in [0.25, 0.3) is 0 Å². The van der Waals surface area contributed by atoms with Crippen LogP contribution >= 0.6 is 11.6 Å². The Labute approximate surface area is 174 Å². The molecule has 1 aliphatic heterocycles. The fourth-order valence-electron chi connectivity index (χ4n) is 4.40. The highest BCUT2D eigenvalue weighted by Gasteiger charge is 2.37. The van der Waals surface area contributed by atoms with Crippen molar-refractivity contribution in [3.05, 3.63) is 64.7 Å². The molecule has 4 rings (SSSR count). The first-order valence-corrected chi connectivity index (χ1v) is 10.6. The van der Waals surface area contributed by atoms with Crippen molar-refractivity contribution in [2.45, 2.75) is 37.9 Å². The molecule has 2 aliphatic rings. The number of ether oxygens (including phenoxy) is 1. The average molecular weight is 424 g/mol. The number of hydrogen-bond donors (Lipinski definition) is 0. The summed E-state index contributed by atoms with van der Waals surface area (Å²) in [6.45, 7) is 2.50. The molecule has 1 saturated carbocycles. The van der Waals surface area contributed by atoms with Crippen LogP contribution in [0.2, 0.25) is 5.02 Å². The Balaban J connectivity index is 1.35. The summed E-state index contributed by atoms with van der Waals surface area (Å²) >= 11 is 6.07. The number of hydrogen-bond acceptors (Lipinski definition) is 2. The Morgan fingerprint density at radius 1 is 1.00 bits per heavy atom. The first-order valence-electron chi connectivity index (χ1n) is 10.2. The van der Waals surface area contributed by atoms with E-state index in [4.69, 9.17) is 16.3 Å². The van der Waals surface area contributed by atoms with Gasteiger partial charge >= 0.3 is 6.18 Å². The minimum Gasteiger partial charge on any atom is -0.493 e. The molecule has 2 atom stereocenters. The SMILES string of the molecule is FC(F)(F)c1ccc(OCC2CCN(C(c3ccc(Cl)cc3)C3CCC3)C2)cc1. The van der Waals surface area contributed by atoms with Gasteiger partial charge in [0.15, 0.2) is 0 Å². The van der Waals surface area contributed by atoms with Gasteiger partial charge < -0.3 is 4.74 Å². The van der Waals surface area contributed by atoms with E-state index in [1.165, 1.54) is 37.0 Å². The van der Waals surface area contributed by atoms with Crippen molar-refractivity contribution in [1.82, 2.24) is 4.90 Å². The Kier molecular flexibility index (Phi) is 6.07. The second-order valence-corrected chi connectivity index (χ2v) is 8.61. The van der Waals surface area contributed by atoms with Crippen LogP contribution in [0.5, 0.6) is 5.75 Å². The number of nitrogens with zero attached hydrogens (tertiary/aromatic N) is 1. The number of rotatable bonds is 6. The van der Waals surface area contributed by atoms with E-state index in [9.17, 15) is 13.2 Å². The third-order valence-electron chi connectivity index (χ3n) is 6.19. The first-order chi connectivity index (χ1) is 13.9. The normalized spacial score (nSPS) is 21.7. The van der Waals surface area contributed by atoms with E-state index in [1.54, 1.807) is 0 Å². The maximum absolute atomic E-state index is 12.7. The predicted octanol–water partition coefficient (Wildman–Crippen LogP) is 6.60. The van der Waals surface area contributed by atoms with Crippen molar-refractivity contribution < 1.29 is 17.9 Å². The summed E-state index contributed by atoms with van der Waals surface area (Å²) in [5.74, 6) is 1.56. The van der Waals surface area contributed by atoms with E-state index in [2.05, 4.69) is 17.0 Å². The second kappa shape index (κ2) is 8.57. The number of benzene rings is 2. The summed E-state index contributed by atoms with van der Waals surface area (Å²) in [5.41, 5.74) is 0.673. The minimum atomic E-state index is -4.32. The summed E-state index contributed by atoms with van der Waals surface area (Å²) in [6.07, 6.45) is 0.538. The highest BCUT2D eigenvalue weighted by atomic mass is 35.5. The van der Waals surface area contributed by atoms with Gasteiger partial charge in [0.2, 0.25) is 0 Å². The summed E-state index contributed by atoms with van der Waals surface area (Å²) in [7, 11) is 0.